The zero-order chi connectivity index (χ0) is 37.4. The van der Waals surface area contributed by atoms with Crippen molar-refractivity contribution in [2.75, 3.05) is 18.8 Å². The van der Waals surface area contributed by atoms with Gasteiger partial charge in [-0.15, -0.1) is 6.58 Å². The molecule has 1 aliphatic heterocycles. The number of amides is 5. The summed E-state index contributed by atoms with van der Waals surface area (Å²) in [5.74, 6) is -2.08. The molecule has 1 saturated heterocycles. The number of hydrogen-bond donors (Lipinski definition) is 4. The number of fused-ring (bicyclic) bond motifs is 1. The van der Waals surface area contributed by atoms with Crippen LogP contribution in [0.2, 0.25) is 0 Å². The predicted molar refractivity (Wildman–Crippen MR) is 195 cm³/mol. The van der Waals surface area contributed by atoms with Crippen molar-refractivity contribution in [3.8, 4) is 0 Å². The van der Waals surface area contributed by atoms with Crippen LogP contribution in [-0.2, 0) is 29.0 Å². The smallest absolute Gasteiger partial charge is 0.315 e. The number of urea groups is 1. The van der Waals surface area contributed by atoms with Crippen molar-refractivity contribution in [3.05, 3.63) is 12.7 Å². The van der Waals surface area contributed by atoms with Crippen molar-refractivity contribution < 1.29 is 32.4 Å². The molecule has 0 aromatic carbocycles. The predicted octanol–water partition coefficient (Wildman–Crippen LogP) is 3.79. The van der Waals surface area contributed by atoms with E-state index in [1.165, 1.54) is 6.08 Å². The molecule has 5 atom stereocenters. The number of nitrogens with zero attached hydrogens (tertiary/aromatic N) is 1. The van der Waals surface area contributed by atoms with Crippen LogP contribution in [0.4, 0.5) is 4.79 Å². The van der Waals surface area contributed by atoms with Gasteiger partial charge in [-0.2, -0.15) is 0 Å². The average Bonchev–Trinajstić information content (AvgIpc) is 3.75. The Bertz CT molecular complexity index is 1470. The van der Waals surface area contributed by atoms with E-state index >= 15 is 0 Å². The van der Waals surface area contributed by atoms with Crippen molar-refractivity contribution in [2.24, 2.45) is 28.6 Å². The van der Waals surface area contributed by atoms with Gasteiger partial charge in [0.15, 0.2) is 9.84 Å². The van der Waals surface area contributed by atoms with Crippen LogP contribution in [-0.4, -0.2) is 90.6 Å². The van der Waals surface area contributed by atoms with E-state index in [-0.39, 0.29) is 34.8 Å². The third-order valence-corrected chi connectivity index (χ3v) is 14.9. The number of carbonyl (C=O) groups excluding carboxylic acids is 5. The van der Waals surface area contributed by atoms with Gasteiger partial charge in [0.1, 0.15) is 12.1 Å². The van der Waals surface area contributed by atoms with Crippen LogP contribution in [0.25, 0.3) is 0 Å². The molecule has 4 N–H and O–H groups in total. The molecule has 5 rings (SSSR count). The summed E-state index contributed by atoms with van der Waals surface area (Å²) in [6, 6.07) is -3.50. The molecule has 0 unspecified atom stereocenters. The van der Waals surface area contributed by atoms with E-state index in [1.54, 1.807) is 4.90 Å². The highest BCUT2D eigenvalue weighted by atomic mass is 32.2. The quantitative estimate of drug-likeness (QED) is 0.147. The number of Topliss-reactive ketones (excluding diaryl/α,β-unsaturated/α-hetero) is 1. The highest BCUT2D eigenvalue weighted by molar-refractivity contribution is 7.92. The third-order valence-electron chi connectivity index (χ3n) is 12.4. The van der Waals surface area contributed by atoms with Gasteiger partial charge in [0, 0.05) is 13.1 Å². The van der Waals surface area contributed by atoms with Crippen LogP contribution >= 0.6 is 0 Å². The number of likely N-dealkylation sites (tertiary alicyclic amines) is 1. The monoisotopic (exact) mass is 731 g/mol. The molecule has 0 aromatic rings. The molecule has 51 heavy (non-hydrogen) atoms. The molecule has 4 saturated carbocycles. The summed E-state index contributed by atoms with van der Waals surface area (Å²) in [7, 11) is -3.43. The van der Waals surface area contributed by atoms with Gasteiger partial charge >= 0.3 is 6.03 Å². The number of carbonyl (C=O) groups is 5. The molecule has 5 amide bonds. The second-order valence-corrected chi connectivity index (χ2v) is 20.1. The maximum absolute atomic E-state index is 14.5. The zero-order valence-corrected chi connectivity index (χ0v) is 32.2. The molecule has 5 aliphatic rings. The Balaban J connectivity index is 1.33. The van der Waals surface area contributed by atoms with E-state index < -0.39 is 68.5 Å². The lowest BCUT2D eigenvalue weighted by Crippen LogP contribution is -2.64. The molecule has 286 valence electrons. The summed E-state index contributed by atoms with van der Waals surface area (Å²) < 4.78 is 27.0. The van der Waals surface area contributed by atoms with Gasteiger partial charge in [-0.05, 0) is 67.1 Å². The topological polar surface area (TPSA) is 171 Å². The number of ketones is 1. The van der Waals surface area contributed by atoms with Gasteiger partial charge in [-0.1, -0.05) is 85.6 Å². The number of rotatable bonds is 15. The maximum Gasteiger partial charge on any atom is 0.315 e. The first-order valence-electron chi connectivity index (χ1n) is 19.2. The van der Waals surface area contributed by atoms with Gasteiger partial charge in [-0.3, -0.25) is 19.2 Å². The summed E-state index contributed by atoms with van der Waals surface area (Å²) in [5.41, 5.74) is -1.86. The molecule has 5 fully saturated rings. The van der Waals surface area contributed by atoms with Crippen LogP contribution in [0.15, 0.2) is 12.7 Å². The average molecular weight is 732 g/mol. The zero-order valence-electron chi connectivity index (χ0n) is 31.4. The minimum absolute atomic E-state index is 0.0643. The Morgan fingerprint density at radius 3 is 2.18 bits per heavy atom. The summed E-state index contributed by atoms with van der Waals surface area (Å²) in [6.45, 7) is 13.7. The van der Waals surface area contributed by atoms with Crippen molar-refractivity contribution >= 4 is 39.4 Å². The van der Waals surface area contributed by atoms with Crippen molar-refractivity contribution in [3.63, 3.8) is 0 Å². The van der Waals surface area contributed by atoms with Gasteiger partial charge in [-0.25, -0.2) is 13.2 Å². The molecule has 0 spiro atoms. The minimum atomic E-state index is -3.43. The van der Waals surface area contributed by atoms with E-state index in [0.29, 0.717) is 51.0 Å². The molecule has 13 heteroatoms. The van der Waals surface area contributed by atoms with E-state index in [2.05, 4.69) is 41.7 Å². The molecule has 4 aliphatic carbocycles. The Morgan fingerprint density at radius 2 is 1.59 bits per heavy atom. The maximum atomic E-state index is 14.5. The summed E-state index contributed by atoms with van der Waals surface area (Å²) in [5, 5.41) is 11.0. The lowest BCUT2D eigenvalue weighted by atomic mass is 9.83. The number of sulfone groups is 1. The fourth-order valence-corrected chi connectivity index (χ4v) is 11.5. The van der Waals surface area contributed by atoms with Crippen molar-refractivity contribution in [2.45, 2.75) is 147 Å². The van der Waals surface area contributed by atoms with Crippen molar-refractivity contribution in [1.82, 2.24) is 26.2 Å². The van der Waals surface area contributed by atoms with Crippen LogP contribution < -0.4 is 21.3 Å². The van der Waals surface area contributed by atoms with E-state index in [9.17, 15) is 32.4 Å². The SMILES string of the molecule is C=CCNC(=O)C(=O)[C@H](CCC1CC1)NC(=O)[C@@H]1[C@@H]2[C@H](CN1C(=O)[C@@H](NC(=O)NC1(CS(=O)(=O)C3CCCC3)CCCCC1)C(C)(C)C)C2(C)C. The molecule has 0 aromatic heterocycles. The summed E-state index contributed by atoms with van der Waals surface area (Å²) >= 11 is 0. The first kappa shape index (κ1) is 39.3. The van der Waals surface area contributed by atoms with E-state index in [0.717, 1.165) is 44.9 Å². The van der Waals surface area contributed by atoms with Gasteiger partial charge in [0.2, 0.25) is 17.6 Å². The molecule has 0 bridgehead atoms. The Morgan fingerprint density at radius 1 is 0.941 bits per heavy atom. The third kappa shape index (κ3) is 8.99. The first-order valence-corrected chi connectivity index (χ1v) is 21.0. The van der Waals surface area contributed by atoms with Crippen LogP contribution in [0.3, 0.4) is 0 Å². The van der Waals surface area contributed by atoms with E-state index in [4.69, 9.17) is 0 Å². The van der Waals surface area contributed by atoms with E-state index in [1.807, 2.05) is 20.8 Å². The highest BCUT2D eigenvalue weighted by Crippen LogP contribution is 2.65. The lowest BCUT2D eigenvalue weighted by Gasteiger charge is -2.41. The molecule has 0 radical (unpaired) electrons. The lowest BCUT2D eigenvalue weighted by molar-refractivity contribution is -0.145. The Kier molecular flexibility index (Phi) is 11.7. The van der Waals surface area contributed by atoms with Gasteiger partial charge < -0.3 is 26.2 Å². The number of hydrogen-bond acceptors (Lipinski definition) is 7. The largest absolute Gasteiger partial charge is 0.346 e. The first-order chi connectivity index (χ1) is 23.9. The van der Waals surface area contributed by atoms with Crippen LogP contribution in [0.1, 0.15) is 118 Å². The molecular formula is C38H61N5O7S. The molecule has 12 nitrogen and oxygen atoms in total. The summed E-state index contributed by atoms with van der Waals surface area (Å²) in [4.78, 5) is 70.0. The fourth-order valence-electron chi connectivity index (χ4n) is 9.07. The molecule has 1 heterocycles. The van der Waals surface area contributed by atoms with Crippen molar-refractivity contribution in [1.29, 1.82) is 0 Å². The standard InChI is InChI=1S/C38H61N5O7S/c1-7-21-39-33(46)30(44)27(18-17-24-15-16-24)40-32(45)29-28-26(37(28,5)6)22-43(29)34(47)31(36(2,3)4)41-35(48)42-38(19-11-8-12-20-38)23-51(49,50)25-13-9-10-14-25/h7,24-29,31H,1,8-23H2,2-6H3,(H,39,46)(H,40,45)(H2,41,42,48)/t26-,27-,28-,29-,31+/m0/s1. The number of piperidine rings is 1. The highest BCUT2D eigenvalue weighted by Gasteiger charge is 2.70. The second-order valence-electron chi connectivity index (χ2n) is 17.8. The van der Waals surface area contributed by atoms with Crippen LogP contribution in [0.5, 0.6) is 0 Å². The van der Waals surface area contributed by atoms with Crippen LogP contribution in [0, 0.1) is 28.6 Å². The van der Waals surface area contributed by atoms with Gasteiger partial charge in [0.05, 0.1) is 22.6 Å². The second kappa shape index (κ2) is 15.2. The Labute approximate surface area is 304 Å². The molecular weight excluding hydrogens is 671 g/mol. The number of nitrogens with one attached hydrogen (secondary N) is 4. The normalized spacial score (nSPS) is 26.7. The summed E-state index contributed by atoms with van der Waals surface area (Å²) in [6.07, 6.45) is 11.5. The van der Waals surface area contributed by atoms with Gasteiger partial charge in [0.25, 0.3) is 5.91 Å². The minimum Gasteiger partial charge on any atom is -0.346 e. The Hall–Kier alpha value is -2.96. The fraction of sp³-hybridized carbons (Fsp3) is 0.816.